The molecule has 1 N–H and O–H groups in total. The highest BCUT2D eigenvalue weighted by molar-refractivity contribution is 14.1. The van der Waals surface area contributed by atoms with E-state index >= 15 is 0 Å². The predicted octanol–water partition coefficient (Wildman–Crippen LogP) is 2.43. The second kappa shape index (κ2) is 4.60. The van der Waals surface area contributed by atoms with Gasteiger partial charge in [-0.25, -0.2) is 0 Å². The Morgan fingerprint density at radius 1 is 1.31 bits per heavy atom. The number of hydrogen-bond acceptors (Lipinski definition) is 1. The fraction of sp³-hybridized carbons (Fsp3) is 0.300. The summed E-state index contributed by atoms with van der Waals surface area (Å²) in [6.45, 7) is 3.90. The quantitative estimate of drug-likeness (QED) is 0.831. The van der Waals surface area contributed by atoms with Crippen molar-refractivity contribution in [1.29, 1.82) is 0 Å². The molecule has 13 heavy (non-hydrogen) atoms. The summed E-state index contributed by atoms with van der Waals surface area (Å²) in [6.07, 6.45) is 0. The second-order valence-electron chi connectivity index (χ2n) is 3.14. The number of nitrogens with one attached hydrogen (secondary N) is 1. The molecule has 0 heterocycles. The molecule has 0 atom stereocenters. The molecular weight excluding hydrogens is 274 g/mol. The Bertz CT molecular complexity index is 292. The first-order valence-electron chi connectivity index (χ1n) is 4.16. The summed E-state index contributed by atoms with van der Waals surface area (Å²) in [5, 5.41) is 2.84. The van der Waals surface area contributed by atoms with Crippen molar-refractivity contribution in [2.45, 2.75) is 19.9 Å². The topological polar surface area (TPSA) is 29.1 Å². The van der Waals surface area contributed by atoms with Gasteiger partial charge in [-0.15, -0.1) is 0 Å². The smallest absolute Gasteiger partial charge is 0.251 e. The van der Waals surface area contributed by atoms with Gasteiger partial charge in [0.1, 0.15) is 0 Å². The zero-order chi connectivity index (χ0) is 9.84. The van der Waals surface area contributed by atoms with E-state index in [4.69, 9.17) is 0 Å². The number of rotatable bonds is 2. The molecule has 1 rings (SSSR count). The molecule has 0 fully saturated rings. The standard InChI is InChI=1S/C10H12INO/c1-7(2)12-10(13)8-3-5-9(11)6-4-8/h3-7H,1-2H3,(H,12,13)/i11-3. The van der Waals surface area contributed by atoms with Crippen molar-refractivity contribution in [3.05, 3.63) is 33.4 Å². The molecule has 1 amide bonds. The molecular formula is C10H12INO. The van der Waals surface area contributed by atoms with Gasteiger partial charge in [0.25, 0.3) is 5.91 Å². The lowest BCUT2D eigenvalue weighted by atomic mass is 10.2. The first kappa shape index (κ1) is 10.5. The van der Waals surface area contributed by atoms with Crippen LogP contribution in [-0.2, 0) is 0 Å². The Hall–Kier alpha value is -0.580. The molecule has 0 aliphatic heterocycles. The molecule has 0 saturated heterocycles. The molecule has 0 aromatic heterocycles. The van der Waals surface area contributed by atoms with Gasteiger partial charge in [0, 0.05) is 15.2 Å². The van der Waals surface area contributed by atoms with Crippen molar-refractivity contribution >= 4 is 28.5 Å². The molecule has 2 nitrogen and oxygen atoms in total. The normalized spacial score (nSPS) is 10.2. The van der Waals surface area contributed by atoms with Crippen LogP contribution in [-0.4, -0.2) is 11.9 Å². The van der Waals surface area contributed by atoms with Gasteiger partial charge in [0.15, 0.2) is 0 Å². The lowest BCUT2D eigenvalue weighted by Gasteiger charge is -2.07. The third-order valence-electron chi connectivity index (χ3n) is 1.53. The third kappa shape index (κ3) is 3.34. The van der Waals surface area contributed by atoms with Gasteiger partial charge in [-0.1, -0.05) is 0 Å². The van der Waals surface area contributed by atoms with E-state index in [2.05, 4.69) is 27.9 Å². The lowest BCUT2D eigenvalue weighted by molar-refractivity contribution is 0.0943. The van der Waals surface area contributed by atoms with E-state index in [-0.39, 0.29) is 11.9 Å². The fourth-order valence-corrected chi connectivity index (χ4v) is 1.31. The number of amides is 1. The monoisotopic (exact) mass is 286 g/mol. The zero-order valence-electron chi connectivity index (χ0n) is 7.67. The van der Waals surface area contributed by atoms with Gasteiger partial charge in [-0.2, -0.15) is 0 Å². The summed E-state index contributed by atoms with van der Waals surface area (Å²) in [4.78, 5) is 11.5. The minimum Gasteiger partial charge on any atom is -0.350 e. The van der Waals surface area contributed by atoms with Gasteiger partial charge in [-0.05, 0) is 60.7 Å². The highest BCUT2D eigenvalue weighted by Crippen LogP contribution is 2.06. The Morgan fingerprint density at radius 2 is 1.85 bits per heavy atom. The van der Waals surface area contributed by atoms with Crippen molar-refractivity contribution < 1.29 is 4.79 Å². The molecule has 0 unspecified atom stereocenters. The summed E-state index contributed by atoms with van der Waals surface area (Å²) in [5.41, 5.74) is 0.717. The summed E-state index contributed by atoms with van der Waals surface area (Å²) in [5.74, 6) is -0.00796. The summed E-state index contributed by atoms with van der Waals surface area (Å²) in [7, 11) is 0. The highest BCUT2D eigenvalue weighted by Gasteiger charge is 2.05. The predicted molar refractivity (Wildman–Crippen MR) is 61.8 cm³/mol. The Labute approximate surface area is 91.9 Å². The fourth-order valence-electron chi connectivity index (χ4n) is 0.947. The largest absolute Gasteiger partial charge is 0.350 e. The van der Waals surface area contributed by atoms with Crippen LogP contribution in [0.2, 0.25) is 0 Å². The number of carbonyl (C=O) groups excluding carboxylic acids is 1. The lowest BCUT2D eigenvalue weighted by Crippen LogP contribution is -2.29. The van der Waals surface area contributed by atoms with Crippen LogP contribution < -0.4 is 5.32 Å². The van der Waals surface area contributed by atoms with Crippen molar-refractivity contribution in [2.24, 2.45) is 0 Å². The van der Waals surface area contributed by atoms with Gasteiger partial charge in [0.2, 0.25) is 0 Å². The number of carbonyl (C=O) groups is 1. The maximum Gasteiger partial charge on any atom is 0.251 e. The van der Waals surface area contributed by atoms with Gasteiger partial charge < -0.3 is 5.32 Å². The Balaban J connectivity index is 2.72. The SMILES string of the molecule is CC(C)NC(=O)c1ccc([124I])cc1. The maximum absolute atomic E-state index is 11.5. The first-order valence-corrected chi connectivity index (χ1v) is 5.24. The van der Waals surface area contributed by atoms with E-state index in [1.165, 1.54) is 0 Å². The molecule has 0 saturated carbocycles. The number of benzene rings is 1. The van der Waals surface area contributed by atoms with E-state index in [0.717, 1.165) is 3.57 Å². The third-order valence-corrected chi connectivity index (χ3v) is 2.25. The van der Waals surface area contributed by atoms with E-state index in [9.17, 15) is 4.79 Å². The summed E-state index contributed by atoms with van der Waals surface area (Å²) in [6, 6.07) is 7.71. The molecule has 0 aliphatic carbocycles. The minimum absolute atomic E-state index is 0.00796. The van der Waals surface area contributed by atoms with Crippen LogP contribution >= 0.6 is 22.6 Å². The van der Waals surface area contributed by atoms with Crippen molar-refractivity contribution in [3.63, 3.8) is 0 Å². The van der Waals surface area contributed by atoms with Gasteiger partial charge in [0.05, 0.1) is 0 Å². The van der Waals surface area contributed by atoms with Gasteiger partial charge >= 0.3 is 0 Å². The average molecular weight is 286 g/mol. The Morgan fingerprint density at radius 3 is 2.31 bits per heavy atom. The molecule has 0 spiro atoms. The average Bonchev–Trinajstić information content (AvgIpc) is 2.04. The molecule has 3 heteroatoms. The minimum atomic E-state index is -0.00796. The molecule has 0 aliphatic rings. The van der Waals surface area contributed by atoms with Crippen LogP contribution in [0.1, 0.15) is 24.2 Å². The van der Waals surface area contributed by atoms with Crippen LogP contribution in [0.5, 0.6) is 0 Å². The Kier molecular flexibility index (Phi) is 3.71. The zero-order valence-corrected chi connectivity index (χ0v) is 9.83. The summed E-state index contributed by atoms with van der Waals surface area (Å²) >= 11 is 2.21. The van der Waals surface area contributed by atoms with E-state index < -0.39 is 0 Å². The second-order valence-corrected chi connectivity index (χ2v) is 4.38. The molecule has 1 aromatic carbocycles. The number of hydrogen-bond donors (Lipinski definition) is 1. The van der Waals surface area contributed by atoms with Crippen LogP contribution in [0.25, 0.3) is 0 Å². The first-order chi connectivity index (χ1) is 6.09. The van der Waals surface area contributed by atoms with Gasteiger partial charge in [-0.3, -0.25) is 4.79 Å². The van der Waals surface area contributed by atoms with Crippen LogP contribution in [0.15, 0.2) is 24.3 Å². The highest BCUT2D eigenvalue weighted by atomic mass is 124. The molecule has 0 radical (unpaired) electrons. The van der Waals surface area contributed by atoms with Crippen molar-refractivity contribution in [3.8, 4) is 0 Å². The number of halogens is 1. The molecule has 70 valence electrons. The molecule has 1 aromatic rings. The van der Waals surface area contributed by atoms with Crippen LogP contribution in [0.4, 0.5) is 0 Å². The van der Waals surface area contributed by atoms with E-state index in [1.54, 1.807) is 0 Å². The van der Waals surface area contributed by atoms with Crippen molar-refractivity contribution in [1.82, 2.24) is 5.32 Å². The van der Waals surface area contributed by atoms with Crippen LogP contribution in [0, 0.1) is 3.57 Å². The van der Waals surface area contributed by atoms with E-state index in [1.807, 2.05) is 38.1 Å². The molecule has 0 bridgehead atoms. The van der Waals surface area contributed by atoms with Crippen LogP contribution in [0.3, 0.4) is 0 Å². The van der Waals surface area contributed by atoms with E-state index in [0.29, 0.717) is 5.56 Å². The maximum atomic E-state index is 11.5. The van der Waals surface area contributed by atoms with Crippen molar-refractivity contribution in [2.75, 3.05) is 0 Å². The summed E-state index contributed by atoms with van der Waals surface area (Å²) < 4.78 is 1.14.